The minimum atomic E-state index is -1.14. The standard InChI is InChI=1S/C25H18N2O4S/c28-24-21-19(25(29)30)15-32-23(21)26-22(17-8-2-1-3-9-17)27(24)13-14-31-20-12-6-10-16-7-4-5-11-18(16)20/h1-12,15H,13-14H2,(H,29,30). The van der Waals surface area contributed by atoms with Crippen molar-refractivity contribution in [1.29, 1.82) is 0 Å². The molecular weight excluding hydrogens is 424 g/mol. The maximum atomic E-state index is 13.4. The van der Waals surface area contributed by atoms with Gasteiger partial charge in [0.1, 0.15) is 23.0 Å². The molecule has 0 aliphatic carbocycles. The molecule has 5 aromatic rings. The number of hydrogen-bond acceptors (Lipinski definition) is 5. The van der Waals surface area contributed by atoms with Gasteiger partial charge >= 0.3 is 5.97 Å². The molecule has 0 unspecified atom stereocenters. The number of carbonyl (C=O) groups is 1. The van der Waals surface area contributed by atoms with Gasteiger partial charge in [-0.15, -0.1) is 11.3 Å². The van der Waals surface area contributed by atoms with Gasteiger partial charge in [0.25, 0.3) is 5.56 Å². The van der Waals surface area contributed by atoms with Gasteiger partial charge in [-0.3, -0.25) is 9.36 Å². The van der Waals surface area contributed by atoms with Crippen LogP contribution in [0.4, 0.5) is 0 Å². The molecule has 0 radical (unpaired) electrons. The average Bonchev–Trinajstić information content (AvgIpc) is 3.26. The van der Waals surface area contributed by atoms with Crippen molar-refractivity contribution in [1.82, 2.24) is 9.55 Å². The molecule has 0 amide bonds. The highest BCUT2D eigenvalue weighted by Gasteiger charge is 2.20. The first-order chi connectivity index (χ1) is 15.6. The molecule has 0 atom stereocenters. The van der Waals surface area contributed by atoms with Crippen molar-refractivity contribution in [3.63, 3.8) is 0 Å². The van der Waals surface area contributed by atoms with Gasteiger partial charge in [-0.25, -0.2) is 9.78 Å². The van der Waals surface area contributed by atoms with Crippen molar-refractivity contribution < 1.29 is 14.6 Å². The Bertz CT molecular complexity index is 1500. The minimum absolute atomic E-state index is 0.0224. The van der Waals surface area contributed by atoms with Crippen LogP contribution in [0.15, 0.2) is 83.0 Å². The molecule has 2 aromatic heterocycles. The fourth-order valence-electron chi connectivity index (χ4n) is 3.77. The van der Waals surface area contributed by atoms with E-state index in [0.717, 1.165) is 33.4 Å². The lowest BCUT2D eigenvalue weighted by Crippen LogP contribution is -2.26. The highest BCUT2D eigenvalue weighted by Crippen LogP contribution is 2.27. The third-order valence-electron chi connectivity index (χ3n) is 5.28. The number of ether oxygens (including phenoxy) is 1. The zero-order valence-corrected chi connectivity index (χ0v) is 17.7. The number of aromatic nitrogens is 2. The summed E-state index contributed by atoms with van der Waals surface area (Å²) in [4.78, 5) is 30.1. The van der Waals surface area contributed by atoms with E-state index in [1.807, 2.05) is 72.8 Å². The van der Waals surface area contributed by atoms with Crippen molar-refractivity contribution in [3.05, 3.63) is 94.1 Å². The number of benzene rings is 3. The van der Waals surface area contributed by atoms with Crippen LogP contribution in [0.1, 0.15) is 10.4 Å². The highest BCUT2D eigenvalue weighted by atomic mass is 32.1. The normalized spacial score (nSPS) is 11.1. The first-order valence-corrected chi connectivity index (χ1v) is 10.9. The fraction of sp³-hybridized carbons (Fsp3) is 0.0800. The summed E-state index contributed by atoms with van der Waals surface area (Å²) in [5.74, 6) is 0.0813. The summed E-state index contributed by atoms with van der Waals surface area (Å²) >= 11 is 1.16. The minimum Gasteiger partial charge on any atom is -0.491 e. The molecule has 2 heterocycles. The van der Waals surface area contributed by atoms with Crippen molar-refractivity contribution >= 4 is 38.3 Å². The maximum absolute atomic E-state index is 13.4. The van der Waals surface area contributed by atoms with Gasteiger partial charge in [0.2, 0.25) is 0 Å². The zero-order valence-electron chi connectivity index (χ0n) is 16.9. The first-order valence-electron chi connectivity index (χ1n) is 10.0. The molecule has 0 aliphatic rings. The van der Waals surface area contributed by atoms with Crippen LogP contribution in [-0.4, -0.2) is 27.2 Å². The smallest absolute Gasteiger partial charge is 0.337 e. The molecule has 7 heteroatoms. The molecule has 1 N–H and O–H groups in total. The lowest BCUT2D eigenvalue weighted by atomic mass is 10.1. The Balaban J connectivity index is 1.55. The molecule has 0 aliphatic heterocycles. The summed E-state index contributed by atoms with van der Waals surface area (Å²) in [7, 11) is 0. The summed E-state index contributed by atoms with van der Waals surface area (Å²) in [5, 5.41) is 13.2. The SMILES string of the molecule is O=C(O)c1csc2nc(-c3ccccc3)n(CCOc3cccc4ccccc34)c(=O)c12. The second-order valence-corrected chi connectivity index (χ2v) is 8.08. The average molecular weight is 442 g/mol. The predicted octanol–water partition coefficient (Wildman–Crippen LogP) is 5.06. The Labute approximate surface area is 187 Å². The van der Waals surface area contributed by atoms with Crippen LogP contribution in [-0.2, 0) is 6.54 Å². The molecule has 5 rings (SSSR count). The summed E-state index contributed by atoms with van der Waals surface area (Å²) in [6, 6.07) is 23.2. The third kappa shape index (κ3) is 3.52. The van der Waals surface area contributed by atoms with Crippen LogP contribution in [0.5, 0.6) is 5.75 Å². The second kappa shape index (κ2) is 8.28. The maximum Gasteiger partial charge on any atom is 0.337 e. The molecule has 0 saturated heterocycles. The first kappa shape index (κ1) is 20.0. The summed E-state index contributed by atoms with van der Waals surface area (Å²) in [5.41, 5.74) is 0.377. The topological polar surface area (TPSA) is 81.4 Å². The van der Waals surface area contributed by atoms with E-state index >= 15 is 0 Å². The number of fused-ring (bicyclic) bond motifs is 2. The van der Waals surface area contributed by atoms with Gasteiger partial charge in [0, 0.05) is 16.3 Å². The predicted molar refractivity (Wildman–Crippen MR) is 126 cm³/mol. The molecule has 0 fully saturated rings. The van der Waals surface area contributed by atoms with Crippen LogP contribution in [0, 0.1) is 0 Å². The molecule has 0 saturated carbocycles. The molecule has 0 spiro atoms. The van der Waals surface area contributed by atoms with Crippen molar-refractivity contribution in [2.75, 3.05) is 6.61 Å². The van der Waals surface area contributed by atoms with E-state index in [1.54, 1.807) is 0 Å². The number of carboxylic acids is 1. The van der Waals surface area contributed by atoms with Crippen molar-refractivity contribution in [2.24, 2.45) is 0 Å². The quantitative estimate of drug-likeness (QED) is 0.398. The Hall–Kier alpha value is -3.97. The van der Waals surface area contributed by atoms with Gasteiger partial charge in [-0.05, 0) is 11.5 Å². The number of carboxylic acid groups (broad SMARTS) is 1. The number of rotatable bonds is 6. The summed E-state index contributed by atoms with van der Waals surface area (Å²) in [6.45, 7) is 0.456. The zero-order chi connectivity index (χ0) is 22.1. The Morgan fingerprint density at radius 3 is 2.56 bits per heavy atom. The summed E-state index contributed by atoms with van der Waals surface area (Å²) < 4.78 is 7.54. The number of nitrogens with zero attached hydrogens (tertiary/aromatic N) is 2. The van der Waals surface area contributed by atoms with E-state index in [9.17, 15) is 14.7 Å². The van der Waals surface area contributed by atoms with Crippen LogP contribution in [0.2, 0.25) is 0 Å². The van der Waals surface area contributed by atoms with Crippen LogP contribution in [0.3, 0.4) is 0 Å². The molecule has 32 heavy (non-hydrogen) atoms. The van der Waals surface area contributed by atoms with Gasteiger partial charge in [0.15, 0.2) is 0 Å². The van der Waals surface area contributed by atoms with Crippen molar-refractivity contribution in [3.8, 4) is 17.1 Å². The highest BCUT2D eigenvalue weighted by molar-refractivity contribution is 7.17. The number of thiophene rings is 1. The number of aromatic carboxylic acids is 1. The van der Waals surface area contributed by atoms with Gasteiger partial charge in [-0.2, -0.15) is 0 Å². The van der Waals surface area contributed by atoms with Gasteiger partial charge < -0.3 is 9.84 Å². The second-order valence-electron chi connectivity index (χ2n) is 7.22. The van der Waals surface area contributed by atoms with E-state index in [1.165, 1.54) is 9.95 Å². The largest absolute Gasteiger partial charge is 0.491 e. The lowest BCUT2D eigenvalue weighted by Gasteiger charge is -2.14. The van der Waals surface area contributed by atoms with Crippen LogP contribution in [0.25, 0.3) is 32.4 Å². The molecule has 3 aromatic carbocycles. The van der Waals surface area contributed by atoms with E-state index in [0.29, 0.717) is 10.7 Å². The third-order valence-corrected chi connectivity index (χ3v) is 6.15. The summed E-state index contributed by atoms with van der Waals surface area (Å²) in [6.07, 6.45) is 0. The Morgan fingerprint density at radius 2 is 1.75 bits per heavy atom. The molecular formula is C25H18N2O4S. The lowest BCUT2D eigenvalue weighted by molar-refractivity contribution is 0.0699. The molecule has 158 valence electrons. The van der Waals surface area contributed by atoms with E-state index < -0.39 is 5.97 Å². The van der Waals surface area contributed by atoms with Gasteiger partial charge in [0.05, 0.1) is 17.5 Å². The van der Waals surface area contributed by atoms with E-state index in [-0.39, 0.29) is 29.7 Å². The Kier molecular flexibility index (Phi) is 5.17. The van der Waals surface area contributed by atoms with E-state index in [2.05, 4.69) is 4.98 Å². The van der Waals surface area contributed by atoms with E-state index in [4.69, 9.17) is 4.74 Å². The van der Waals surface area contributed by atoms with Gasteiger partial charge in [-0.1, -0.05) is 66.7 Å². The fourth-order valence-corrected chi connectivity index (χ4v) is 4.67. The monoisotopic (exact) mass is 442 g/mol. The van der Waals surface area contributed by atoms with Crippen molar-refractivity contribution in [2.45, 2.75) is 6.54 Å². The van der Waals surface area contributed by atoms with Crippen LogP contribution < -0.4 is 10.3 Å². The van der Waals surface area contributed by atoms with Crippen LogP contribution >= 0.6 is 11.3 Å². The number of hydrogen-bond donors (Lipinski definition) is 1. The Morgan fingerprint density at radius 1 is 1.00 bits per heavy atom. The molecule has 6 nitrogen and oxygen atoms in total. The molecule has 0 bridgehead atoms.